The second-order valence-electron chi connectivity index (χ2n) is 7.35. The van der Waals surface area contributed by atoms with Gasteiger partial charge in [-0.25, -0.2) is 14.8 Å². The number of para-hydroxylation sites is 3. The van der Waals surface area contributed by atoms with Crippen LogP contribution in [0, 0.1) is 0 Å². The molecule has 0 fully saturated rings. The van der Waals surface area contributed by atoms with Crippen LogP contribution in [0.25, 0.3) is 33.1 Å². The zero-order valence-corrected chi connectivity index (χ0v) is 18.3. The van der Waals surface area contributed by atoms with E-state index in [-0.39, 0.29) is 23.6 Å². The zero-order valence-electron chi connectivity index (χ0n) is 16.7. The van der Waals surface area contributed by atoms with Gasteiger partial charge >= 0.3 is 5.97 Å². The van der Waals surface area contributed by atoms with Crippen molar-refractivity contribution in [3.05, 3.63) is 76.8 Å². The number of carbonyl (C=O) groups excluding carboxylic acids is 1. The van der Waals surface area contributed by atoms with Gasteiger partial charge < -0.3 is 15.0 Å². The van der Waals surface area contributed by atoms with Gasteiger partial charge in [-0.1, -0.05) is 46.3 Å². The van der Waals surface area contributed by atoms with Crippen LogP contribution in [-0.4, -0.2) is 31.5 Å². The number of aromatic nitrogens is 3. The van der Waals surface area contributed by atoms with Gasteiger partial charge in [0.2, 0.25) is 5.91 Å². The molecule has 32 heavy (non-hydrogen) atoms. The zero-order chi connectivity index (χ0) is 22.2. The van der Waals surface area contributed by atoms with Gasteiger partial charge in [-0.05, 0) is 36.4 Å². The third-order valence-electron chi connectivity index (χ3n) is 5.31. The summed E-state index contributed by atoms with van der Waals surface area (Å²) in [6, 6.07) is 20.3. The van der Waals surface area contributed by atoms with E-state index in [2.05, 4.69) is 21.2 Å². The standard InChI is InChI=1S/C24H17BrN4O3/c25-14-9-10-17(16(13-14)24(31)32)26-21(30)11-12-29-20-8-4-1-5-15(20)22-23(29)28-19-7-3-2-6-18(19)27-22/h1-10,13H,11-12H2,(H,26,30)(H,31,32). The number of rotatable bonds is 5. The Morgan fingerprint density at radius 2 is 1.69 bits per heavy atom. The SMILES string of the molecule is O=C(CCn1c2ccccc2c2nc3ccccc3nc21)Nc1ccc(Br)cc1C(=O)O. The summed E-state index contributed by atoms with van der Waals surface area (Å²) in [7, 11) is 0. The molecule has 8 heteroatoms. The van der Waals surface area contributed by atoms with Crippen LogP contribution in [0.2, 0.25) is 0 Å². The fourth-order valence-electron chi connectivity index (χ4n) is 3.84. The first kappa shape index (κ1) is 20.1. The number of anilines is 1. The molecule has 7 nitrogen and oxygen atoms in total. The Labute approximate surface area is 190 Å². The van der Waals surface area contributed by atoms with E-state index in [0.717, 1.165) is 27.5 Å². The van der Waals surface area contributed by atoms with Crippen molar-refractivity contribution in [1.29, 1.82) is 0 Å². The lowest BCUT2D eigenvalue weighted by Crippen LogP contribution is -2.16. The molecule has 0 spiro atoms. The Hall–Kier alpha value is -3.78. The van der Waals surface area contributed by atoms with E-state index in [0.29, 0.717) is 16.7 Å². The van der Waals surface area contributed by atoms with Crippen LogP contribution in [0.4, 0.5) is 5.69 Å². The van der Waals surface area contributed by atoms with E-state index in [4.69, 9.17) is 9.97 Å². The van der Waals surface area contributed by atoms with Gasteiger partial charge in [-0.15, -0.1) is 0 Å². The van der Waals surface area contributed by atoms with Crippen molar-refractivity contribution in [2.45, 2.75) is 13.0 Å². The van der Waals surface area contributed by atoms with Gasteiger partial charge in [0.1, 0.15) is 5.52 Å². The molecular weight excluding hydrogens is 472 g/mol. The van der Waals surface area contributed by atoms with Crippen molar-refractivity contribution in [2.75, 3.05) is 5.32 Å². The first-order valence-electron chi connectivity index (χ1n) is 9.97. The molecule has 5 rings (SSSR count). The molecular formula is C24H17BrN4O3. The van der Waals surface area contributed by atoms with Crippen LogP contribution in [0.1, 0.15) is 16.8 Å². The maximum absolute atomic E-state index is 12.7. The second-order valence-corrected chi connectivity index (χ2v) is 8.26. The summed E-state index contributed by atoms with van der Waals surface area (Å²) < 4.78 is 2.62. The van der Waals surface area contributed by atoms with Crippen molar-refractivity contribution in [2.24, 2.45) is 0 Å². The third-order valence-corrected chi connectivity index (χ3v) is 5.80. The van der Waals surface area contributed by atoms with E-state index in [1.807, 2.05) is 53.1 Å². The average molecular weight is 489 g/mol. The predicted molar refractivity (Wildman–Crippen MR) is 127 cm³/mol. The lowest BCUT2D eigenvalue weighted by atomic mass is 10.1. The van der Waals surface area contributed by atoms with E-state index < -0.39 is 5.97 Å². The van der Waals surface area contributed by atoms with Crippen LogP contribution in [0.3, 0.4) is 0 Å². The van der Waals surface area contributed by atoms with Crippen molar-refractivity contribution < 1.29 is 14.7 Å². The number of carboxylic acids is 1. The summed E-state index contributed by atoms with van der Waals surface area (Å²) in [4.78, 5) is 33.8. The molecule has 0 aliphatic carbocycles. The van der Waals surface area contributed by atoms with E-state index >= 15 is 0 Å². The molecule has 0 radical (unpaired) electrons. The Morgan fingerprint density at radius 1 is 0.969 bits per heavy atom. The quantitative estimate of drug-likeness (QED) is 0.353. The second kappa shape index (κ2) is 8.05. The van der Waals surface area contributed by atoms with Crippen molar-refractivity contribution in [1.82, 2.24) is 14.5 Å². The van der Waals surface area contributed by atoms with Crippen LogP contribution in [0.5, 0.6) is 0 Å². The maximum Gasteiger partial charge on any atom is 0.337 e. The summed E-state index contributed by atoms with van der Waals surface area (Å²) in [6.45, 7) is 0.377. The van der Waals surface area contributed by atoms with Crippen LogP contribution in [0.15, 0.2) is 71.2 Å². The molecule has 0 unspecified atom stereocenters. The number of hydrogen-bond acceptors (Lipinski definition) is 4. The molecule has 0 bridgehead atoms. The van der Waals surface area contributed by atoms with E-state index in [1.165, 1.54) is 6.07 Å². The monoisotopic (exact) mass is 488 g/mol. The highest BCUT2D eigenvalue weighted by Gasteiger charge is 2.17. The molecule has 0 aliphatic rings. The molecule has 1 amide bonds. The largest absolute Gasteiger partial charge is 0.478 e. The molecule has 3 aromatic carbocycles. The molecule has 2 heterocycles. The number of carboxylic acid groups (broad SMARTS) is 1. The van der Waals surface area contributed by atoms with E-state index in [1.54, 1.807) is 12.1 Å². The minimum atomic E-state index is -1.11. The van der Waals surface area contributed by atoms with Crippen LogP contribution < -0.4 is 5.32 Å². The highest BCUT2D eigenvalue weighted by molar-refractivity contribution is 9.10. The van der Waals surface area contributed by atoms with Crippen LogP contribution >= 0.6 is 15.9 Å². The van der Waals surface area contributed by atoms with Crippen molar-refractivity contribution >= 4 is 66.6 Å². The average Bonchev–Trinajstić information content (AvgIpc) is 3.10. The highest BCUT2D eigenvalue weighted by Crippen LogP contribution is 2.28. The summed E-state index contributed by atoms with van der Waals surface area (Å²) in [5.74, 6) is -1.39. The number of benzene rings is 3. The Bertz CT molecular complexity index is 1530. The number of hydrogen-bond donors (Lipinski definition) is 2. The normalized spacial score (nSPS) is 11.3. The van der Waals surface area contributed by atoms with Gasteiger partial charge in [0.15, 0.2) is 5.65 Å². The number of aryl methyl sites for hydroxylation is 1. The number of nitrogens with zero attached hydrogens (tertiary/aromatic N) is 3. The summed E-state index contributed by atoms with van der Waals surface area (Å²) in [5, 5.41) is 13.1. The summed E-state index contributed by atoms with van der Waals surface area (Å²) in [5.41, 5.74) is 4.35. The molecule has 2 aromatic heterocycles. The molecule has 0 aliphatic heterocycles. The fraction of sp³-hybridized carbons (Fsp3) is 0.0833. The van der Waals surface area contributed by atoms with Crippen molar-refractivity contribution in [3.63, 3.8) is 0 Å². The predicted octanol–water partition coefficient (Wildman–Crippen LogP) is 5.23. The molecule has 2 N–H and O–H groups in total. The molecule has 5 aromatic rings. The molecule has 0 saturated heterocycles. The van der Waals surface area contributed by atoms with Crippen LogP contribution in [-0.2, 0) is 11.3 Å². The maximum atomic E-state index is 12.7. The Morgan fingerprint density at radius 3 is 2.47 bits per heavy atom. The van der Waals surface area contributed by atoms with Gasteiger partial charge in [-0.2, -0.15) is 0 Å². The smallest absolute Gasteiger partial charge is 0.337 e. The highest BCUT2D eigenvalue weighted by atomic mass is 79.9. The Balaban J connectivity index is 1.48. The summed E-state index contributed by atoms with van der Waals surface area (Å²) >= 11 is 3.26. The topological polar surface area (TPSA) is 97.1 Å². The van der Waals surface area contributed by atoms with E-state index in [9.17, 15) is 14.7 Å². The number of halogens is 1. The molecule has 0 atom stereocenters. The van der Waals surface area contributed by atoms with Gasteiger partial charge in [0, 0.05) is 22.8 Å². The number of aromatic carboxylic acids is 1. The number of amides is 1. The third kappa shape index (κ3) is 3.58. The molecule has 158 valence electrons. The Kier molecular flexibility index (Phi) is 5.07. The van der Waals surface area contributed by atoms with Gasteiger partial charge in [0.05, 0.1) is 27.8 Å². The minimum Gasteiger partial charge on any atom is -0.478 e. The lowest BCUT2D eigenvalue weighted by molar-refractivity contribution is -0.116. The minimum absolute atomic E-state index is 0.0296. The summed E-state index contributed by atoms with van der Waals surface area (Å²) in [6.07, 6.45) is 0.150. The van der Waals surface area contributed by atoms with Crippen molar-refractivity contribution in [3.8, 4) is 0 Å². The van der Waals surface area contributed by atoms with Gasteiger partial charge in [0.25, 0.3) is 0 Å². The fourth-order valence-corrected chi connectivity index (χ4v) is 4.20. The first-order valence-corrected chi connectivity index (χ1v) is 10.8. The lowest BCUT2D eigenvalue weighted by Gasteiger charge is -2.10. The molecule has 0 saturated carbocycles. The number of nitrogens with one attached hydrogen (secondary N) is 1. The first-order chi connectivity index (χ1) is 15.5. The number of fused-ring (bicyclic) bond motifs is 4. The van der Waals surface area contributed by atoms with Gasteiger partial charge in [-0.3, -0.25) is 4.79 Å². The number of carbonyl (C=O) groups is 2.